The lowest BCUT2D eigenvalue weighted by atomic mass is 10.3. The summed E-state index contributed by atoms with van der Waals surface area (Å²) < 4.78 is 19.2. The number of hydrogen-bond donors (Lipinski definition) is 2. The highest BCUT2D eigenvalue weighted by molar-refractivity contribution is 7.46. The average molecular weight is 224 g/mol. The zero-order chi connectivity index (χ0) is 11.2. The Morgan fingerprint density at radius 1 is 1.64 bits per heavy atom. The zero-order valence-electron chi connectivity index (χ0n) is 7.75. The third-order valence-corrected chi connectivity index (χ3v) is 1.89. The van der Waals surface area contributed by atoms with Crippen molar-refractivity contribution in [3.05, 3.63) is 12.7 Å². The van der Waals surface area contributed by atoms with Gasteiger partial charge in [-0.25, -0.2) is 9.36 Å². The van der Waals surface area contributed by atoms with E-state index in [2.05, 4.69) is 15.8 Å². The topological polar surface area (TPSA) is 93.1 Å². The van der Waals surface area contributed by atoms with Crippen molar-refractivity contribution in [3.8, 4) is 0 Å². The molecule has 1 unspecified atom stereocenters. The van der Waals surface area contributed by atoms with Crippen LogP contribution in [0.5, 0.6) is 0 Å². The second kappa shape index (κ2) is 5.93. The molecule has 0 aliphatic heterocycles. The molecule has 0 spiro atoms. The van der Waals surface area contributed by atoms with Gasteiger partial charge in [0.2, 0.25) is 0 Å². The van der Waals surface area contributed by atoms with E-state index in [4.69, 9.17) is 9.79 Å². The molecule has 6 nitrogen and oxygen atoms in total. The third kappa shape index (κ3) is 7.94. The fourth-order valence-electron chi connectivity index (χ4n) is 0.672. The van der Waals surface area contributed by atoms with E-state index in [-0.39, 0.29) is 13.0 Å². The summed E-state index contributed by atoms with van der Waals surface area (Å²) in [5.74, 6) is -0.576. The number of esters is 1. The van der Waals surface area contributed by atoms with Crippen molar-refractivity contribution in [2.75, 3.05) is 6.61 Å². The van der Waals surface area contributed by atoms with Crippen molar-refractivity contribution in [2.24, 2.45) is 0 Å². The van der Waals surface area contributed by atoms with Gasteiger partial charge in [-0.15, -0.1) is 0 Å². The lowest BCUT2D eigenvalue weighted by Crippen LogP contribution is -2.12. The fraction of sp³-hybridized carbons (Fsp3) is 0.571. The van der Waals surface area contributed by atoms with Gasteiger partial charge >= 0.3 is 13.8 Å². The number of carbonyl (C=O) groups is 1. The molecule has 0 aromatic rings. The van der Waals surface area contributed by atoms with Crippen LogP contribution in [0.15, 0.2) is 12.7 Å². The number of phosphoric ester groups is 1. The summed E-state index contributed by atoms with van der Waals surface area (Å²) in [6, 6.07) is 0. The second-order valence-electron chi connectivity index (χ2n) is 2.57. The lowest BCUT2D eigenvalue weighted by molar-refractivity contribution is -0.138. The van der Waals surface area contributed by atoms with Crippen molar-refractivity contribution in [1.29, 1.82) is 0 Å². The predicted molar refractivity (Wildman–Crippen MR) is 48.4 cm³/mol. The Morgan fingerprint density at radius 3 is 2.64 bits per heavy atom. The molecule has 82 valence electrons. The van der Waals surface area contributed by atoms with Crippen LogP contribution in [-0.2, 0) is 18.6 Å². The molecule has 0 heterocycles. The van der Waals surface area contributed by atoms with Crippen LogP contribution in [0.4, 0.5) is 0 Å². The Balaban J connectivity index is 3.65. The Hall–Kier alpha value is -0.680. The van der Waals surface area contributed by atoms with Crippen molar-refractivity contribution in [1.82, 2.24) is 0 Å². The maximum absolute atomic E-state index is 10.5. The van der Waals surface area contributed by atoms with E-state index >= 15 is 0 Å². The number of ether oxygens (including phenoxy) is 1. The van der Waals surface area contributed by atoms with Crippen LogP contribution in [0, 0.1) is 0 Å². The maximum atomic E-state index is 10.5. The minimum Gasteiger partial charge on any atom is -0.462 e. The van der Waals surface area contributed by atoms with Gasteiger partial charge in [-0.2, -0.15) is 0 Å². The standard InChI is InChI=1S/C7H13O6P/c1-3-7(8)12-5-4-6(2)13-14(9,10)11/h3,6H,1,4-5H2,2H3,(H2,9,10,11). The quantitative estimate of drug-likeness (QED) is 0.390. The normalized spacial score (nSPS) is 13.4. The number of rotatable bonds is 6. The highest BCUT2D eigenvalue weighted by Gasteiger charge is 2.18. The summed E-state index contributed by atoms with van der Waals surface area (Å²) in [6.07, 6.45) is 0.549. The van der Waals surface area contributed by atoms with E-state index in [1.165, 1.54) is 6.92 Å². The minimum absolute atomic E-state index is 0.0337. The van der Waals surface area contributed by atoms with Gasteiger partial charge in [0.1, 0.15) is 0 Å². The number of phosphoric acid groups is 1. The monoisotopic (exact) mass is 224 g/mol. The molecule has 0 amide bonds. The highest BCUT2D eigenvalue weighted by Crippen LogP contribution is 2.37. The third-order valence-electron chi connectivity index (χ3n) is 1.25. The van der Waals surface area contributed by atoms with Gasteiger partial charge in [0, 0.05) is 12.5 Å². The first-order chi connectivity index (χ1) is 6.35. The van der Waals surface area contributed by atoms with Gasteiger partial charge in [0.25, 0.3) is 0 Å². The summed E-state index contributed by atoms with van der Waals surface area (Å²) in [7, 11) is -4.45. The van der Waals surface area contributed by atoms with Gasteiger partial charge in [-0.1, -0.05) is 6.58 Å². The molecule has 7 heteroatoms. The molecular formula is C7H13O6P. The summed E-state index contributed by atoms with van der Waals surface area (Å²) in [4.78, 5) is 27.4. The van der Waals surface area contributed by atoms with Gasteiger partial charge in [-0.05, 0) is 6.92 Å². The van der Waals surface area contributed by atoms with E-state index in [9.17, 15) is 9.36 Å². The van der Waals surface area contributed by atoms with Crippen LogP contribution in [-0.4, -0.2) is 28.5 Å². The smallest absolute Gasteiger partial charge is 0.462 e. The van der Waals surface area contributed by atoms with Gasteiger partial charge in [0.05, 0.1) is 12.7 Å². The molecule has 0 radical (unpaired) electrons. The van der Waals surface area contributed by atoms with E-state index in [1.807, 2.05) is 0 Å². The minimum atomic E-state index is -4.45. The molecule has 14 heavy (non-hydrogen) atoms. The van der Waals surface area contributed by atoms with Crippen LogP contribution < -0.4 is 0 Å². The van der Waals surface area contributed by atoms with Crippen LogP contribution in [0.1, 0.15) is 13.3 Å². The largest absolute Gasteiger partial charge is 0.469 e. The summed E-state index contributed by atoms with van der Waals surface area (Å²) in [6.45, 7) is 4.69. The molecule has 0 aliphatic carbocycles. The molecule has 0 bridgehead atoms. The van der Waals surface area contributed by atoms with Crippen molar-refractivity contribution >= 4 is 13.8 Å². The Bertz CT molecular complexity index is 245. The van der Waals surface area contributed by atoms with Crippen LogP contribution >= 0.6 is 7.82 Å². The van der Waals surface area contributed by atoms with Crippen molar-refractivity contribution in [2.45, 2.75) is 19.4 Å². The molecule has 0 fully saturated rings. The highest BCUT2D eigenvalue weighted by atomic mass is 31.2. The molecule has 0 aromatic carbocycles. The summed E-state index contributed by atoms with van der Waals surface area (Å²) >= 11 is 0. The molecule has 0 rings (SSSR count). The summed E-state index contributed by atoms with van der Waals surface area (Å²) in [5.41, 5.74) is 0. The molecule has 1 atom stereocenters. The lowest BCUT2D eigenvalue weighted by Gasteiger charge is -2.12. The fourth-order valence-corrected chi connectivity index (χ4v) is 1.25. The Morgan fingerprint density at radius 2 is 2.21 bits per heavy atom. The van der Waals surface area contributed by atoms with E-state index in [1.54, 1.807) is 0 Å². The van der Waals surface area contributed by atoms with E-state index in [0.29, 0.717) is 0 Å². The first-order valence-corrected chi connectivity index (χ1v) is 5.41. The van der Waals surface area contributed by atoms with Gasteiger partial charge < -0.3 is 14.5 Å². The predicted octanol–water partition coefficient (Wildman–Crippen LogP) is 0.603. The average Bonchev–Trinajstić information content (AvgIpc) is 2.00. The molecule has 0 aliphatic rings. The zero-order valence-corrected chi connectivity index (χ0v) is 8.65. The van der Waals surface area contributed by atoms with E-state index < -0.39 is 19.9 Å². The second-order valence-corrected chi connectivity index (χ2v) is 3.76. The maximum Gasteiger partial charge on any atom is 0.469 e. The SMILES string of the molecule is C=CC(=O)OCCC(C)OP(=O)(O)O. The Kier molecular flexibility index (Phi) is 5.64. The molecule has 0 saturated heterocycles. The van der Waals surface area contributed by atoms with Crippen LogP contribution in [0.2, 0.25) is 0 Å². The first kappa shape index (κ1) is 13.3. The van der Waals surface area contributed by atoms with E-state index in [0.717, 1.165) is 6.08 Å². The Labute approximate surface area is 81.8 Å². The summed E-state index contributed by atoms with van der Waals surface area (Å²) in [5, 5.41) is 0. The molecular weight excluding hydrogens is 211 g/mol. The van der Waals surface area contributed by atoms with Crippen LogP contribution in [0.25, 0.3) is 0 Å². The van der Waals surface area contributed by atoms with Gasteiger partial charge in [-0.3, -0.25) is 4.52 Å². The molecule has 0 aromatic heterocycles. The van der Waals surface area contributed by atoms with Crippen molar-refractivity contribution in [3.63, 3.8) is 0 Å². The molecule has 2 N–H and O–H groups in total. The number of hydrogen-bond acceptors (Lipinski definition) is 4. The molecule has 0 saturated carbocycles. The van der Waals surface area contributed by atoms with Gasteiger partial charge in [0.15, 0.2) is 0 Å². The van der Waals surface area contributed by atoms with Crippen LogP contribution in [0.3, 0.4) is 0 Å². The first-order valence-electron chi connectivity index (χ1n) is 3.88. The number of carbonyl (C=O) groups excluding carboxylic acids is 1. The van der Waals surface area contributed by atoms with Crippen molar-refractivity contribution < 1.29 is 28.4 Å².